The number of carbonyl (C=O) groups excluding carboxylic acids is 3. The molecule has 2 fully saturated rings. The van der Waals surface area contributed by atoms with Gasteiger partial charge in [-0.25, -0.2) is 4.79 Å². The van der Waals surface area contributed by atoms with Gasteiger partial charge in [0.05, 0.1) is 5.92 Å². The van der Waals surface area contributed by atoms with Gasteiger partial charge in [-0.15, -0.1) is 0 Å². The number of nitrogens with zero attached hydrogens (tertiary/aromatic N) is 3. The minimum atomic E-state index is -0.625. The lowest BCUT2D eigenvalue weighted by Gasteiger charge is -2.34. The Labute approximate surface area is 208 Å². The molecule has 0 aliphatic carbocycles. The van der Waals surface area contributed by atoms with Crippen molar-refractivity contribution in [3.63, 3.8) is 0 Å². The van der Waals surface area contributed by atoms with Crippen molar-refractivity contribution < 1.29 is 18.8 Å². The number of anilines is 1. The normalized spacial score (nSPS) is 18.6. The molecule has 9 heteroatoms. The molecule has 3 heterocycles. The van der Waals surface area contributed by atoms with E-state index in [-0.39, 0.29) is 35.6 Å². The molecule has 3 aromatic rings. The Bertz CT molecular complexity index is 1330. The fraction of sp³-hybridized carbons (Fsp3) is 0.333. The summed E-state index contributed by atoms with van der Waals surface area (Å²) in [6, 6.07) is 18.1. The van der Waals surface area contributed by atoms with Crippen molar-refractivity contribution >= 4 is 34.4 Å². The van der Waals surface area contributed by atoms with Gasteiger partial charge in [0.15, 0.2) is 0 Å². The van der Waals surface area contributed by atoms with Gasteiger partial charge in [0.2, 0.25) is 11.8 Å². The fourth-order valence-corrected chi connectivity index (χ4v) is 4.78. The van der Waals surface area contributed by atoms with Crippen molar-refractivity contribution in [3.8, 4) is 0 Å². The van der Waals surface area contributed by atoms with Crippen LogP contribution in [0.25, 0.3) is 11.0 Å². The van der Waals surface area contributed by atoms with E-state index in [0.717, 1.165) is 5.69 Å². The molecule has 2 aliphatic heterocycles. The summed E-state index contributed by atoms with van der Waals surface area (Å²) in [5, 5.41) is 3.67. The standard InChI is InChI=1S/C27H28N4O5/c32-24-17-20(18-31(24)21-7-2-1-3-8-21)25(33)28-10-11-29-12-14-30(15-13-29)26(34)22-16-19-6-4-5-9-23(19)36-27(22)35/h1-9,16,20H,10-15,17-18H2,(H,28,33). The highest BCUT2D eigenvalue weighted by atomic mass is 16.4. The molecule has 36 heavy (non-hydrogen) atoms. The molecule has 0 bridgehead atoms. The van der Waals surface area contributed by atoms with Gasteiger partial charge < -0.3 is 19.5 Å². The van der Waals surface area contributed by atoms with Gasteiger partial charge in [0.1, 0.15) is 11.1 Å². The van der Waals surface area contributed by atoms with Crippen molar-refractivity contribution in [2.75, 3.05) is 50.7 Å². The van der Waals surface area contributed by atoms with Gasteiger partial charge in [-0.2, -0.15) is 0 Å². The van der Waals surface area contributed by atoms with Crippen LogP contribution in [-0.4, -0.2) is 73.3 Å². The van der Waals surface area contributed by atoms with Crippen LogP contribution in [0.4, 0.5) is 5.69 Å². The number of amides is 3. The van der Waals surface area contributed by atoms with Gasteiger partial charge in [-0.1, -0.05) is 36.4 Å². The summed E-state index contributed by atoms with van der Waals surface area (Å²) in [6.45, 7) is 3.77. The topological polar surface area (TPSA) is 103 Å². The third-order valence-electron chi connectivity index (χ3n) is 6.82. The van der Waals surface area contributed by atoms with Gasteiger partial charge in [-0.05, 0) is 24.3 Å². The Balaban J connectivity index is 1.08. The molecule has 0 saturated carbocycles. The molecule has 2 aliphatic rings. The summed E-state index contributed by atoms with van der Waals surface area (Å²) in [7, 11) is 0. The second-order valence-electron chi connectivity index (χ2n) is 9.15. The number of carbonyl (C=O) groups is 3. The maximum Gasteiger partial charge on any atom is 0.349 e. The van der Waals surface area contributed by atoms with Crippen LogP contribution >= 0.6 is 0 Å². The summed E-state index contributed by atoms with van der Waals surface area (Å²) in [5.41, 5.74) is 0.692. The first kappa shape index (κ1) is 23.7. The fourth-order valence-electron chi connectivity index (χ4n) is 4.78. The summed E-state index contributed by atoms with van der Waals surface area (Å²) in [6.07, 6.45) is 0.213. The molecular formula is C27H28N4O5. The van der Waals surface area contributed by atoms with E-state index >= 15 is 0 Å². The lowest BCUT2D eigenvalue weighted by molar-refractivity contribution is -0.126. The minimum Gasteiger partial charge on any atom is -0.422 e. The number of piperazine rings is 1. The molecule has 1 atom stereocenters. The quantitative estimate of drug-likeness (QED) is 0.530. The van der Waals surface area contributed by atoms with Gasteiger partial charge in [0.25, 0.3) is 5.91 Å². The third-order valence-corrected chi connectivity index (χ3v) is 6.82. The van der Waals surface area contributed by atoms with E-state index in [1.54, 1.807) is 28.0 Å². The molecular weight excluding hydrogens is 460 g/mol. The molecule has 0 radical (unpaired) electrons. The zero-order valence-corrected chi connectivity index (χ0v) is 19.9. The summed E-state index contributed by atoms with van der Waals surface area (Å²) in [4.78, 5) is 55.8. The Morgan fingerprint density at radius 1 is 0.944 bits per heavy atom. The van der Waals surface area contributed by atoms with Crippen LogP contribution in [0.15, 0.2) is 69.9 Å². The summed E-state index contributed by atoms with van der Waals surface area (Å²) < 4.78 is 5.30. The van der Waals surface area contributed by atoms with Crippen LogP contribution in [0.5, 0.6) is 0 Å². The molecule has 1 N–H and O–H groups in total. The Morgan fingerprint density at radius 3 is 2.44 bits per heavy atom. The smallest absolute Gasteiger partial charge is 0.349 e. The third kappa shape index (κ3) is 5.01. The average Bonchev–Trinajstić information content (AvgIpc) is 3.30. The van der Waals surface area contributed by atoms with Crippen LogP contribution in [0.2, 0.25) is 0 Å². The number of hydrogen-bond acceptors (Lipinski definition) is 6. The predicted molar refractivity (Wildman–Crippen MR) is 135 cm³/mol. The van der Waals surface area contributed by atoms with Crippen molar-refractivity contribution in [3.05, 3.63) is 76.6 Å². The average molecular weight is 489 g/mol. The molecule has 2 saturated heterocycles. The number of rotatable bonds is 6. The largest absolute Gasteiger partial charge is 0.422 e. The van der Waals surface area contributed by atoms with Crippen molar-refractivity contribution in [2.24, 2.45) is 5.92 Å². The molecule has 2 aromatic carbocycles. The SMILES string of the molecule is O=C(NCCN1CCN(C(=O)c2cc3ccccc3oc2=O)CC1)C1CC(=O)N(c2ccccc2)C1. The number of nitrogens with one attached hydrogen (secondary N) is 1. The minimum absolute atomic E-state index is 0.0393. The molecule has 5 rings (SSSR count). The maximum absolute atomic E-state index is 12.9. The van der Waals surface area contributed by atoms with Crippen molar-refractivity contribution in [1.29, 1.82) is 0 Å². The van der Waals surface area contributed by atoms with Crippen LogP contribution in [0, 0.1) is 5.92 Å². The number of para-hydroxylation sites is 2. The second-order valence-corrected chi connectivity index (χ2v) is 9.15. The summed E-state index contributed by atoms with van der Waals surface area (Å²) in [5.74, 6) is -0.835. The first-order valence-corrected chi connectivity index (χ1v) is 12.2. The highest BCUT2D eigenvalue weighted by Crippen LogP contribution is 2.24. The van der Waals surface area contributed by atoms with Gasteiger partial charge >= 0.3 is 5.63 Å². The van der Waals surface area contributed by atoms with E-state index in [1.165, 1.54) is 0 Å². The molecule has 1 aromatic heterocycles. The van der Waals surface area contributed by atoms with Crippen LogP contribution in [0.3, 0.4) is 0 Å². The zero-order valence-electron chi connectivity index (χ0n) is 19.9. The van der Waals surface area contributed by atoms with E-state index in [0.29, 0.717) is 56.8 Å². The highest BCUT2D eigenvalue weighted by Gasteiger charge is 2.35. The van der Waals surface area contributed by atoms with Crippen LogP contribution < -0.4 is 15.8 Å². The molecule has 1 unspecified atom stereocenters. The predicted octanol–water partition coefficient (Wildman–Crippen LogP) is 1.72. The van der Waals surface area contributed by atoms with E-state index in [1.807, 2.05) is 42.5 Å². The molecule has 3 amide bonds. The van der Waals surface area contributed by atoms with E-state index in [2.05, 4.69) is 10.2 Å². The Hall–Kier alpha value is -3.98. The van der Waals surface area contributed by atoms with Crippen molar-refractivity contribution in [1.82, 2.24) is 15.1 Å². The van der Waals surface area contributed by atoms with Crippen LogP contribution in [0.1, 0.15) is 16.8 Å². The Kier molecular flexibility index (Phi) is 6.81. The number of fused-ring (bicyclic) bond motifs is 1. The maximum atomic E-state index is 12.9. The van der Waals surface area contributed by atoms with Crippen LogP contribution in [-0.2, 0) is 9.59 Å². The number of benzene rings is 2. The van der Waals surface area contributed by atoms with E-state index < -0.39 is 5.63 Å². The van der Waals surface area contributed by atoms with E-state index in [4.69, 9.17) is 4.42 Å². The lowest BCUT2D eigenvalue weighted by Crippen LogP contribution is -2.51. The van der Waals surface area contributed by atoms with Gasteiger partial charge in [-0.3, -0.25) is 19.3 Å². The number of hydrogen-bond donors (Lipinski definition) is 1. The van der Waals surface area contributed by atoms with Gasteiger partial charge in [0, 0.05) is 63.3 Å². The van der Waals surface area contributed by atoms with E-state index in [9.17, 15) is 19.2 Å². The lowest BCUT2D eigenvalue weighted by atomic mass is 10.1. The summed E-state index contributed by atoms with van der Waals surface area (Å²) >= 11 is 0. The first-order chi connectivity index (χ1) is 17.5. The zero-order chi connectivity index (χ0) is 25.1. The second kappa shape index (κ2) is 10.3. The monoisotopic (exact) mass is 488 g/mol. The van der Waals surface area contributed by atoms with Crippen molar-refractivity contribution in [2.45, 2.75) is 6.42 Å². The molecule has 0 spiro atoms. The molecule has 186 valence electrons. The first-order valence-electron chi connectivity index (χ1n) is 12.2. The highest BCUT2D eigenvalue weighted by molar-refractivity contribution is 6.00. The molecule has 9 nitrogen and oxygen atoms in total. The Morgan fingerprint density at radius 2 is 1.67 bits per heavy atom.